The van der Waals surface area contributed by atoms with Crippen molar-refractivity contribution in [1.29, 1.82) is 0 Å². The lowest BCUT2D eigenvalue weighted by Gasteiger charge is -2.06. The number of aromatic nitrogens is 3. The van der Waals surface area contributed by atoms with Crippen LogP contribution in [-0.4, -0.2) is 15.2 Å². The quantitative estimate of drug-likeness (QED) is 0.335. The van der Waals surface area contributed by atoms with E-state index in [0.717, 1.165) is 24.2 Å². The number of hydrogen-bond donors (Lipinski definition) is 0. The van der Waals surface area contributed by atoms with E-state index in [-0.39, 0.29) is 0 Å². The zero-order valence-corrected chi connectivity index (χ0v) is 16.2. The summed E-state index contributed by atoms with van der Waals surface area (Å²) in [5.74, 6) is 0. The van der Waals surface area contributed by atoms with Gasteiger partial charge < -0.3 is 0 Å². The van der Waals surface area contributed by atoms with Crippen molar-refractivity contribution in [2.45, 2.75) is 117 Å². The van der Waals surface area contributed by atoms with Crippen LogP contribution in [0.5, 0.6) is 0 Å². The lowest BCUT2D eigenvalue weighted by atomic mass is 10.0. The Labute approximate surface area is 150 Å². The summed E-state index contributed by atoms with van der Waals surface area (Å²) < 4.78 is 0. The molecule has 0 aliphatic heterocycles. The fourth-order valence-corrected chi connectivity index (χ4v) is 3.18. The Morgan fingerprint density at radius 3 is 1.58 bits per heavy atom. The molecule has 0 amide bonds. The van der Waals surface area contributed by atoms with Gasteiger partial charge in [0.05, 0.1) is 11.4 Å². The van der Waals surface area contributed by atoms with Crippen molar-refractivity contribution < 1.29 is 0 Å². The van der Waals surface area contributed by atoms with Gasteiger partial charge in [-0.2, -0.15) is 5.10 Å². The summed E-state index contributed by atoms with van der Waals surface area (Å²) in [6.45, 7) is 4.54. The summed E-state index contributed by atoms with van der Waals surface area (Å²) in [5.41, 5.74) is 2.26. The van der Waals surface area contributed by atoms with Gasteiger partial charge in [-0.05, 0) is 25.7 Å². The first-order valence-electron chi connectivity index (χ1n) is 10.5. The first kappa shape index (κ1) is 21.1. The van der Waals surface area contributed by atoms with Gasteiger partial charge in [-0.1, -0.05) is 90.9 Å². The monoisotopic (exact) mass is 332 g/mol. The molecular formula is C21H38N3. The average molecular weight is 333 g/mol. The van der Waals surface area contributed by atoms with Gasteiger partial charge in [0.1, 0.15) is 0 Å². The molecule has 3 heteroatoms. The highest BCUT2D eigenvalue weighted by Gasteiger charge is 2.06. The van der Waals surface area contributed by atoms with E-state index >= 15 is 0 Å². The van der Waals surface area contributed by atoms with Gasteiger partial charge in [-0.25, -0.2) is 4.98 Å². The van der Waals surface area contributed by atoms with Gasteiger partial charge in [0, 0.05) is 0 Å². The maximum absolute atomic E-state index is 4.37. The smallest absolute Gasteiger partial charge is 0.221 e. The summed E-state index contributed by atoms with van der Waals surface area (Å²) in [5, 5.41) is 8.17. The van der Waals surface area contributed by atoms with Crippen LogP contribution in [0.25, 0.3) is 0 Å². The number of unbranched alkanes of at least 4 members (excludes halogenated alkanes) is 12. The highest BCUT2D eigenvalue weighted by atomic mass is 15.1. The molecule has 0 unspecified atom stereocenters. The zero-order chi connectivity index (χ0) is 17.3. The molecule has 0 N–H and O–H groups in total. The van der Waals surface area contributed by atoms with E-state index in [0.29, 0.717) is 0 Å². The van der Waals surface area contributed by atoms with Crippen LogP contribution in [-0.2, 0) is 12.8 Å². The van der Waals surface area contributed by atoms with Crippen LogP contribution in [0.2, 0.25) is 0 Å². The molecule has 0 fully saturated rings. The van der Waals surface area contributed by atoms with Crippen molar-refractivity contribution >= 4 is 0 Å². The van der Waals surface area contributed by atoms with Crippen LogP contribution in [0.15, 0.2) is 0 Å². The first-order valence-corrected chi connectivity index (χ1v) is 10.5. The Kier molecular flexibility index (Phi) is 13.6. The molecular weight excluding hydrogens is 294 g/mol. The summed E-state index contributed by atoms with van der Waals surface area (Å²) in [6.07, 6.45) is 23.5. The summed E-state index contributed by atoms with van der Waals surface area (Å²) in [4.78, 5) is 4.37. The zero-order valence-electron chi connectivity index (χ0n) is 16.2. The molecule has 0 aromatic carbocycles. The molecule has 1 aromatic heterocycles. The lowest BCUT2D eigenvalue weighted by Crippen LogP contribution is -2.04. The lowest BCUT2D eigenvalue weighted by molar-refractivity contribution is 0.574. The third-order valence-corrected chi connectivity index (χ3v) is 4.77. The van der Waals surface area contributed by atoms with E-state index in [2.05, 4.69) is 35.4 Å². The Balaban J connectivity index is 2.14. The average Bonchev–Trinajstić information content (AvgIpc) is 2.61. The molecule has 0 bridgehead atoms. The largest absolute Gasteiger partial charge is 0.227 e. The van der Waals surface area contributed by atoms with Crippen molar-refractivity contribution in [3.8, 4) is 0 Å². The van der Waals surface area contributed by atoms with Crippen molar-refractivity contribution in [2.75, 3.05) is 0 Å². The molecule has 137 valence electrons. The Morgan fingerprint density at radius 1 is 0.583 bits per heavy atom. The number of nitrogens with zero attached hydrogens (tertiary/aromatic N) is 3. The van der Waals surface area contributed by atoms with E-state index in [4.69, 9.17) is 0 Å². The minimum atomic E-state index is 1.04. The molecule has 1 radical (unpaired) electrons. The minimum absolute atomic E-state index is 1.04. The second-order valence-electron chi connectivity index (χ2n) is 7.05. The Hall–Kier alpha value is -0.990. The predicted molar refractivity (Wildman–Crippen MR) is 102 cm³/mol. The summed E-state index contributed by atoms with van der Waals surface area (Å²) in [7, 11) is 0. The van der Waals surface area contributed by atoms with E-state index in [1.54, 1.807) is 0 Å². The van der Waals surface area contributed by atoms with E-state index in [9.17, 15) is 0 Å². The van der Waals surface area contributed by atoms with Gasteiger partial charge in [0.15, 0.2) is 0 Å². The number of aryl methyl sites for hydroxylation is 2. The normalized spacial score (nSPS) is 11.1. The van der Waals surface area contributed by atoms with Crippen molar-refractivity contribution in [3.63, 3.8) is 0 Å². The maximum atomic E-state index is 4.37. The number of hydrogen-bond acceptors (Lipinski definition) is 3. The minimum Gasteiger partial charge on any atom is -0.227 e. The molecule has 0 aliphatic carbocycles. The highest BCUT2D eigenvalue weighted by Crippen LogP contribution is 2.14. The summed E-state index contributed by atoms with van der Waals surface area (Å²) >= 11 is 0. The predicted octanol–water partition coefficient (Wildman–Crippen LogP) is 6.26. The van der Waals surface area contributed by atoms with Gasteiger partial charge in [-0.15, -0.1) is 5.10 Å². The van der Waals surface area contributed by atoms with Gasteiger partial charge in [-0.3, -0.25) is 0 Å². The SMILES string of the molecule is CCCCCCCCCc1n[c]nnc1CCCCCCCCC. The fraction of sp³-hybridized carbons (Fsp3) is 0.857. The first-order chi connectivity index (χ1) is 11.9. The van der Waals surface area contributed by atoms with E-state index in [1.165, 1.54) is 89.9 Å². The molecule has 0 aliphatic rings. The van der Waals surface area contributed by atoms with Gasteiger partial charge >= 0.3 is 0 Å². The van der Waals surface area contributed by atoms with Crippen LogP contribution in [0.4, 0.5) is 0 Å². The van der Waals surface area contributed by atoms with Crippen molar-refractivity contribution in [3.05, 3.63) is 17.7 Å². The van der Waals surface area contributed by atoms with Crippen LogP contribution in [0, 0.1) is 6.33 Å². The van der Waals surface area contributed by atoms with Crippen LogP contribution in [0.3, 0.4) is 0 Å². The Bertz CT molecular complexity index is 355. The number of rotatable bonds is 16. The van der Waals surface area contributed by atoms with Crippen molar-refractivity contribution in [1.82, 2.24) is 15.2 Å². The van der Waals surface area contributed by atoms with Gasteiger partial charge in [0.25, 0.3) is 0 Å². The fourth-order valence-electron chi connectivity index (χ4n) is 3.18. The molecule has 0 atom stereocenters. The maximum Gasteiger partial charge on any atom is 0.221 e. The summed E-state index contributed by atoms with van der Waals surface area (Å²) in [6, 6.07) is 0. The molecule has 0 saturated heterocycles. The molecule has 1 rings (SSSR count). The van der Waals surface area contributed by atoms with Crippen molar-refractivity contribution in [2.24, 2.45) is 0 Å². The third-order valence-electron chi connectivity index (χ3n) is 4.77. The van der Waals surface area contributed by atoms with Crippen LogP contribution >= 0.6 is 0 Å². The molecule has 1 heterocycles. The standard InChI is InChI=1S/C21H38N3/c1-3-5-7-9-11-13-15-17-20-21(24-23-19-22-20)18-16-14-12-10-8-6-4-2/h3-18H2,1-2H3. The molecule has 0 spiro atoms. The molecule has 24 heavy (non-hydrogen) atoms. The molecule has 1 aromatic rings. The van der Waals surface area contributed by atoms with Crippen LogP contribution in [0.1, 0.15) is 115 Å². The van der Waals surface area contributed by atoms with Gasteiger partial charge in [0.2, 0.25) is 6.33 Å². The van der Waals surface area contributed by atoms with E-state index in [1.807, 2.05) is 0 Å². The third kappa shape index (κ3) is 10.7. The van der Waals surface area contributed by atoms with Crippen LogP contribution < -0.4 is 0 Å². The molecule has 3 nitrogen and oxygen atoms in total. The second-order valence-corrected chi connectivity index (χ2v) is 7.05. The Morgan fingerprint density at radius 2 is 1.04 bits per heavy atom. The van der Waals surface area contributed by atoms with E-state index < -0.39 is 0 Å². The molecule has 0 saturated carbocycles. The second kappa shape index (κ2) is 15.5. The highest BCUT2D eigenvalue weighted by molar-refractivity contribution is 5.08. The topological polar surface area (TPSA) is 38.7 Å².